The maximum Gasteiger partial charge on any atom is 0.339 e. The molecule has 0 atom stereocenters. The smallest absolute Gasteiger partial charge is 0.339 e. The Hall–Kier alpha value is -2.63. The summed E-state index contributed by atoms with van der Waals surface area (Å²) in [6.45, 7) is 5.41. The first-order chi connectivity index (χ1) is 11.5. The summed E-state index contributed by atoms with van der Waals surface area (Å²) >= 11 is 0. The summed E-state index contributed by atoms with van der Waals surface area (Å²) in [5, 5.41) is 0.732. The van der Waals surface area contributed by atoms with E-state index in [4.69, 9.17) is 13.9 Å². The minimum absolute atomic E-state index is 0.121. The van der Waals surface area contributed by atoms with E-state index >= 15 is 0 Å². The number of hydrogen-bond donors (Lipinski definition) is 0. The molecule has 0 aliphatic carbocycles. The fraction of sp³-hybridized carbons (Fsp3) is 0.389. The van der Waals surface area contributed by atoms with Gasteiger partial charge in [-0.25, -0.2) is 4.79 Å². The van der Waals surface area contributed by atoms with Gasteiger partial charge in [0.15, 0.2) is 5.92 Å². The summed E-state index contributed by atoms with van der Waals surface area (Å²) in [5.41, 5.74) is 0.994. The number of aryl methyl sites for hydroxylation is 1. The van der Waals surface area contributed by atoms with Gasteiger partial charge < -0.3 is 13.9 Å². The summed E-state index contributed by atoms with van der Waals surface area (Å²) < 4.78 is 15.2. The van der Waals surface area contributed by atoms with Crippen LogP contribution < -0.4 is 5.63 Å². The third kappa shape index (κ3) is 3.82. The number of para-hydroxylation sites is 1. The molecule has 0 N–H and O–H groups in total. The van der Waals surface area contributed by atoms with Crippen molar-refractivity contribution in [1.82, 2.24) is 0 Å². The molecule has 2 rings (SSSR count). The Labute approximate surface area is 139 Å². The average molecular weight is 332 g/mol. The van der Waals surface area contributed by atoms with Crippen molar-refractivity contribution in [2.45, 2.75) is 27.2 Å². The molecule has 0 radical (unpaired) electrons. The molecule has 0 saturated carbocycles. The number of carbonyl (C=O) groups is 2. The molecule has 0 amide bonds. The van der Waals surface area contributed by atoms with Crippen molar-refractivity contribution >= 4 is 22.9 Å². The van der Waals surface area contributed by atoms with Crippen LogP contribution in [0, 0.1) is 12.8 Å². The number of rotatable bonds is 6. The second-order valence-electron chi connectivity index (χ2n) is 5.31. The van der Waals surface area contributed by atoms with E-state index < -0.39 is 23.5 Å². The summed E-state index contributed by atoms with van der Waals surface area (Å²) in [5.74, 6) is -2.60. The van der Waals surface area contributed by atoms with Gasteiger partial charge in [-0.1, -0.05) is 18.2 Å². The third-order valence-electron chi connectivity index (χ3n) is 3.60. The molecule has 6 nitrogen and oxygen atoms in total. The first-order valence-corrected chi connectivity index (χ1v) is 7.83. The van der Waals surface area contributed by atoms with Crippen LogP contribution in [0.5, 0.6) is 0 Å². The van der Waals surface area contributed by atoms with Crippen molar-refractivity contribution in [3.8, 4) is 0 Å². The molecular formula is C18H20O6. The third-order valence-corrected chi connectivity index (χ3v) is 3.60. The van der Waals surface area contributed by atoms with E-state index in [9.17, 15) is 14.4 Å². The van der Waals surface area contributed by atoms with Gasteiger partial charge in [0.2, 0.25) is 0 Å². The average Bonchev–Trinajstić information content (AvgIpc) is 2.54. The fourth-order valence-electron chi connectivity index (χ4n) is 2.44. The van der Waals surface area contributed by atoms with E-state index in [-0.39, 0.29) is 25.2 Å². The van der Waals surface area contributed by atoms with Crippen LogP contribution in [0.1, 0.15) is 25.0 Å². The molecule has 0 saturated heterocycles. The molecule has 0 aliphatic heterocycles. The zero-order valence-corrected chi connectivity index (χ0v) is 14.0. The summed E-state index contributed by atoms with van der Waals surface area (Å²) in [4.78, 5) is 36.3. The van der Waals surface area contributed by atoms with Gasteiger partial charge >= 0.3 is 17.6 Å². The largest absolute Gasteiger partial charge is 0.465 e. The van der Waals surface area contributed by atoms with Gasteiger partial charge in [0.1, 0.15) is 5.58 Å². The Morgan fingerprint density at radius 3 is 2.33 bits per heavy atom. The number of esters is 2. The molecule has 1 heterocycles. The van der Waals surface area contributed by atoms with Crippen molar-refractivity contribution in [1.29, 1.82) is 0 Å². The highest BCUT2D eigenvalue weighted by Gasteiger charge is 2.31. The molecule has 2 aromatic rings. The Morgan fingerprint density at radius 1 is 1.12 bits per heavy atom. The van der Waals surface area contributed by atoms with Gasteiger partial charge in [0.25, 0.3) is 0 Å². The molecular weight excluding hydrogens is 312 g/mol. The highest BCUT2D eigenvalue weighted by Crippen LogP contribution is 2.19. The summed E-state index contributed by atoms with van der Waals surface area (Å²) in [7, 11) is 0. The van der Waals surface area contributed by atoms with Crippen LogP contribution >= 0.6 is 0 Å². The van der Waals surface area contributed by atoms with Gasteiger partial charge in [-0.05, 0) is 32.4 Å². The first kappa shape index (κ1) is 17.7. The highest BCUT2D eigenvalue weighted by molar-refractivity contribution is 5.95. The van der Waals surface area contributed by atoms with E-state index in [0.717, 1.165) is 10.9 Å². The molecule has 0 spiro atoms. The van der Waals surface area contributed by atoms with Gasteiger partial charge in [-0.2, -0.15) is 0 Å². The minimum atomic E-state index is -1.19. The summed E-state index contributed by atoms with van der Waals surface area (Å²) in [6.07, 6.45) is -0.121. The van der Waals surface area contributed by atoms with Crippen molar-refractivity contribution in [3.05, 3.63) is 45.8 Å². The molecule has 1 aromatic heterocycles. The standard InChI is InChI=1S/C18H20O6/c1-4-22-17(20)14(18(21)23-5-2)10-13-9-12-8-6-7-11(3)15(12)24-16(13)19/h6-9,14H,4-5,10H2,1-3H3. The van der Waals surface area contributed by atoms with Crippen molar-refractivity contribution < 1.29 is 23.5 Å². The molecule has 0 fully saturated rings. The Balaban J connectivity index is 2.39. The van der Waals surface area contributed by atoms with Crippen LogP contribution in [0.2, 0.25) is 0 Å². The van der Waals surface area contributed by atoms with Gasteiger partial charge in [-0.15, -0.1) is 0 Å². The molecule has 128 valence electrons. The number of carbonyl (C=O) groups excluding carboxylic acids is 2. The molecule has 24 heavy (non-hydrogen) atoms. The predicted molar refractivity (Wildman–Crippen MR) is 87.7 cm³/mol. The topological polar surface area (TPSA) is 82.8 Å². The normalized spacial score (nSPS) is 10.8. The Morgan fingerprint density at radius 2 is 1.75 bits per heavy atom. The monoisotopic (exact) mass is 332 g/mol. The lowest BCUT2D eigenvalue weighted by molar-refractivity contribution is -0.161. The van der Waals surface area contributed by atoms with E-state index in [1.54, 1.807) is 26.0 Å². The van der Waals surface area contributed by atoms with Crippen LogP contribution in [-0.4, -0.2) is 25.2 Å². The van der Waals surface area contributed by atoms with Gasteiger partial charge in [-0.3, -0.25) is 9.59 Å². The van der Waals surface area contributed by atoms with E-state index in [1.165, 1.54) is 0 Å². The van der Waals surface area contributed by atoms with Gasteiger partial charge in [0, 0.05) is 17.4 Å². The second kappa shape index (κ2) is 7.77. The minimum Gasteiger partial charge on any atom is -0.465 e. The maximum atomic E-state index is 12.2. The van der Waals surface area contributed by atoms with Crippen LogP contribution in [0.3, 0.4) is 0 Å². The fourth-order valence-corrected chi connectivity index (χ4v) is 2.44. The lowest BCUT2D eigenvalue weighted by Gasteiger charge is -2.14. The molecule has 0 unspecified atom stereocenters. The number of hydrogen-bond acceptors (Lipinski definition) is 6. The quantitative estimate of drug-likeness (QED) is 0.459. The van der Waals surface area contributed by atoms with Crippen molar-refractivity contribution in [2.24, 2.45) is 5.92 Å². The maximum absolute atomic E-state index is 12.2. The van der Waals surface area contributed by atoms with Gasteiger partial charge in [0.05, 0.1) is 13.2 Å². The van der Waals surface area contributed by atoms with Crippen LogP contribution in [0.4, 0.5) is 0 Å². The number of ether oxygens (including phenoxy) is 2. The first-order valence-electron chi connectivity index (χ1n) is 7.83. The zero-order chi connectivity index (χ0) is 17.7. The van der Waals surface area contributed by atoms with E-state index in [1.807, 2.05) is 19.1 Å². The van der Waals surface area contributed by atoms with E-state index in [0.29, 0.717) is 5.58 Å². The lowest BCUT2D eigenvalue weighted by Crippen LogP contribution is -2.31. The Bertz CT molecular complexity index is 787. The highest BCUT2D eigenvalue weighted by atomic mass is 16.6. The van der Waals surface area contributed by atoms with Crippen LogP contribution in [-0.2, 0) is 25.5 Å². The van der Waals surface area contributed by atoms with Crippen molar-refractivity contribution in [3.63, 3.8) is 0 Å². The van der Waals surface area contributed by atoms with E-state index in [2.05, 4.69) is 0 Å². The van der Waals surface area contributed by atoms with Crippen LogP contribution in [0.25, 0.3) is 11.0 Å². The zero-order valence-electron chi connectivity index (χ0n) is 14.0. The molecule has 0 bridgehead atoms. The summed E-state index contributed by atoms with van der Waals surface area (Å²) in [6, 6.07) is 7.12. The molecule has 6 heteroatoms. The number of fused-ring (bicyclic) bond motifs is 1. The Kier molecular flexibility index (Phi) is 5.73. The molecule has 1 aromatic carbocycles. The lowest BCUT2D eigenvalue weighted by atomic mass is 9.99. The molecule has 0 aliphatic rings. The predicted octanol–water partition coefficient (Wildman–Crippen LogP) is 2.39. The second-order valence-corrected chi connectivity index (χ2v) is 5.31. The van der Waals surface area contributed by atoms with Crippen LogP contribution in [0.15, 0.2) is 33.5 Å². The SMILES string of the molecule is CCOC(=O)C(Cc1cc2cccc(C)c2oc1=O)C(=O)OCC. The van der Waals surface area contributed by atoms with Crippen molar-refractivity contribution in [2.75, 3.05) is 13.2 Å². The number of benzene rings is 1.